The molecule has 150 valence electrons. The Bertz CT molecular complexity index is 694. The Balaban J connectivity index is 1.91. The molecule has 1 saturated heterocycles. The average Bonchev–Trinajstić information content (AvgIpc) is 2.64. The molecule has 1 fully saturated rings. The van der Waals surface area contributed by atoms with Gasteiger partial charge in [-0.2, -0.15) is 0 Å². The van der Waals surface area contributed by atoms with Crippen LogP contribution >= 0.6 is 7.75 Å². The highest BCUT2D eigenvalue weighted by Gasteiger charge is 2.47. The van der Waals surface area contributed by atoms with Gasteiger partial charge in [0.05, 0.1) is 20.1 Å². The molecule has 0 bridgehead atoms. The fraction of sp³-hybridized carbons (Fsp3) is 0.556. The van der Waals surface area contributed by atoms with Crippen LogP contribution in [0.4, 0.5) is 0 Å². The van der Waals surface area contributed by atoms with Crippen LogP contribution in [0.1, 0.15) is 25.8 Å². The fourth-order valence-corrected chi connectivity index (χ4v) is 4.36. The molecule has 1 amide bonds. The minimum atomic E-state index is -3.60. The number of methoxy groups -OCH3 is 1. The van der Waals surface area contributed by atoms with Crippen LogP contribution in [-0.4, -0.2) is 44.8 Å². The zero-order valence-electron chi connectivity index (χ0n) is 15.9. The van der Waals surface area contributed by atoms with Crippen molar-refractivity contribution in [1.29, 1.82) is 0 Å². The van der Waals surface area contributed by atoms with Crippen LogP contribution in [0.2, 0.25) is 0 Å². The molecule has 1 aromatic carbocycles. The number of benzene rings is 1. The largest absolute Gasteiger partial charge is 0.469 e. The van der Waals surface area contributed by atoms with Gasteiger partial charge in [0, 0.05) is 18.5 Å². The summed E-state index contributed by atoms with van der Waals surface area (Å²) in [4.78, 5) is 23.6. The Morgan fingerprint density at radius 1 is 1.26 bits per heavy atom. The number of rotatable bonds is 8. The standard InChI is InChI=1S/C18H27N2O6P/c1-18(2)13-25-27(23,20-12-9-14-7-5-4-6-8-14)26-16(18)17(22)19-11-10-15(21)24-3/h4-8,16H,9-13H2,1-3H3,(H,19,22)(H,20,23)/t16-,27?/m0/s1. The predicted octanol–water partition coefficient (Wildman–Crippen LogP) is 2.05. The molecule has 0 aromatic heterocycles. The summed E-state index contributed by atoms with van der Waals surface area (Å²) >= 11 is 0. The van der Waals surface area contributed by atoms with Crippen molar-refractivity contribution < 1.29 is 27.9 Å². The molecule has 2 atom stereocenters. The third-order valence-corrected chi connectivity index (χ3v) is 5.78. The van der Waals surface area contributed by atoms with Gasteiger partial charge in [-0.25, -0.2) is 9.65 Å². The Morgan fingerprint density at radius 3 is 2.63 bits per heavy atom. The lowest BCUT2D eigenvalue weighted by Gasteiger charge is -2.40. The van der Waals surface area contributed by atoms with Crippen LogP contribution in [0.5, 0.6) is 0 Å². The minimum Gasteiger partial charge on any atom is -0.469 e. The lowest BCUT2D eigenvalue weighted by Crippen LogP contribution is -2.50. The van der Waals surface area contributed by atoms with E-state index in [-0.39, 0.29) is 19.6 Å². The normalized spacial score (nSPS) is 24.2. The zero-order chi connectivity index (χ0) is 19.9. The topological polar surface area (TPSA) is 103 Å². The maximum absolute atomic E-state index is 12.8. The number of esters is 1. The molecule has 1 heterocycles. The van der Waals surface area contributed by atoms with E-state index in [0.29, 0.717) is 13.0 Å². The van der Waals surface area contributed by atoms with Crippen LogP contribution < -0.4 is 10.4 Å². The highest BCUT2D eigenvalue weighted by Crippen LogP contribution is 2.53. The van der Waals surface area contributed by atoms with Gasteiger partial charge < -0.3 is 10.1 Å². The number of nitrogens with one attached hydrogen (secondary N) is 2. The SMILES string of the molecule is COC(=O)CCNC(=O)[C@@H]1OP(=O)(NCCc2ccccc2)OCC1(C)C. The lowest BCUT2D eigenvalue weighted by molar-refractivity contribution is -0.141. The van der Waals surface area contributed by atoms with Gasteiger partial charge in [-0.1, -0.05) is 44.2 Å². The minimum absolute atomic E-state index is 0.0544. The Hall–Kier alpha value is -1.73. The molecule has 1 aliphatic heterocycles. The maximum atomic E-state index is 12.8. The summed E-state index contributed by atoms with van der Waals surface area (Å²) in [7, 11) is -2.32. The fourth-order valence-electron chi connectivity index (χ4n) is 2.59. The van der Waals surface area contributed by atoms with Crippen molar-refractivity contribution in [3.8, 4) is 0 Å². The summed E-state index contributed by atoms with van der Waals surface area (Å²) in [6.07, 6.45) is -0.255. The number of carbonyl (C=O) groups excluding carboxylic acids is 2. The number of hydrogen-bond acceptors (Lipinski definition) is 6. The van der Waals surface area contributed by atoms with Gasteiger partial charge in [0.15, 0.2) is 6.10 Å². The molecular formula is C18H27N2O6P. The van der Waals surface area contributed by atoms with Crippen LogP contribution in [0.3, 0.4) is 0 Å². The first-order valence-corrected chi connectivity index (χ1v) is 10.4. The quantitative estimate of drug-likeness (QED) is 0.510. The Morgan fingerprint density at radius 2 is 1.96 bits per heavy atom. The van der Waals surface area contributed by atoms with E-state index in [1.54, 1.807) is 13.8 Å². The van der Waals surface area contributed by atoms with Crippen molar-refractivity contribution in [2.75, 3.05) is 26.8 Å². The third-order valence-electron chi connectivity index (χ3n) is 4.22. The Kier molecular flexibility index (Phi) is 7.56. The van der Waals surface area contributed by atoms with E-state index in [2.05, 4.69) is 15.1 Å². The molecule has 0 spiro atoms. The molecule has 2 rings (SSSR count). The smallest absolute Gasteiger partial charge is 0.406 e. The summed E-state index contributed by atoms with van der Waals surface area (Å²) in [5.41, 5.74) is 0.427. The van der Waals surface area contributed by atoms with Crippen LogP contribution in [0, 0.1) is 5.41 Å². The highest BCUT2D eigenvalue weighted by molar-refractivity contribution is 7.51. The van der Waals surface area contributed by atoms with E-state index < -0.39 is 31.1 Å². The average molecular weight is 398 g/mol. The monoisotopic (exact) mass is 398 g/mol. The van der Waals surface area contributed by atoms with E-state index in [0.717, 1.165) is 5.56 Å². The van der Waals surface area contributed by atoms with Crippen molar-refractivity contribution in [2.45, 2.75) is 32.8 Å². The predicted molar refractivity (Wildman–Crippen MR) is 100 cm³/mol. The summed E-state index contributed by atoms with van der Waals surface area (Å²) < 4.78 is 28.4. The molecule has 9 heteroatoms. The van der Waals surface area contributed by atoms with Crippen molar-refractivity contribution in [2.24, 2.45) is 5.41 Å². The Labute approximate surface area is 159 Å². The summed E-state index contributed by atoms with van der Waals surface area (Å²) in [5.74, 6) is -0.854. The molecule has 0 saturated carbocycles. The second-order valence-electron chi connectivity index (χ2n) is 7.01. The number of amides is 1. The van der Waals surface area contributed by atoms with Crippen LogP contribution in [0.25, 0.3) is 0 Å². The van der Waals surface area contributed by atoms with Gasteiger partial charge >= 0.3 is 13.7 Å². The van der Waals surface area contributed by atoms with Crippen molar-refractivity contribution in [1.82, 2.24) is 10.4 Å². The summed E-state index contributed by atoms with van der Waals surface area (Å²) in [5, 5.41) is 5.43. The highest BCUT2D eigenvalue weighted by atomic mass is 31.2. The third kappa shape index (κ3) is 6.43. The number of hydrogen-bond donors (Lipinski definition) is 2. The van der Waals surface area contributed by atoms with E-state index in [9.17, 15) is 14.2 Å². The lowest BCUT2D eigenvalue weighted by atomic mass is 9.87. The number of carbonyl (C=O) groups is 2. The zero-order valence-corrected chi connectivity index (χ0v) is 16.8. The van der Waals surface area contributed by atoms with Gasteiger partial charge in [-0.3, -0.25) is 18.6 Å². The second kappa shape index (κ2) is 9.46. The molecule has 2 N–H and O–H groups in total. The van der Waals surface area contributed by atoms with Gasteiger partial charge in [0.1, 0.15) is 0 Å². The van der Waals surface area contributed by atoms with E-state index in [1.807, 2.05) is 30.3 Å². The van der Waals surface area contributed by atoms with Gasteiger partial charge in [-0.05, 0) is 12.0 Å². The second-order valence-corrected chi connectivity index (χ2v) is 8.79. The summed E-state index contributed by atoms with van der Waals surface area (Å²) in [6, 6.07) is 9.74. The van der Waals surface area contributed by atoms with Gasteiger partial charge in [-0.15, -0.1) is 0 Å². The van der Waals surface area contributed by atoms with E-state index >= 15 is 0 Å². The van der Waals surface area contributed by atoms with Gasteiger partial charge in [0.2, 0.25) is 5.91 Å². The molecular weight excluding hydrogens is 371 g/mol. The molecule has 8 nitrogen and oxygen atoms in total. The first kappa shape index (κ1) is 21.6. The molecule has 1 unspecified atom stereocenters. The van der Waals surface area contributed by atoms with Crippen molar-refractivity contribution in [3.05, 3.63) is 35.9 Å². The maximum Gasteiger partial charge on any atom is 0.406 e. The van der Waals surface area contributed by atoms with Crippen LogP contribution in [-0.2, 0) is 34.4 Å². The first-order valence-electron chi connectivity index (χ1n) is 8.82. The molecule has 1 aliphatic rings. The molecule has 27 heavy (non-hydrogen) atoms. The number of ether oxygens (including phenoxy) is 1. The van der Waals surface area contributed by atoms with Crippen molar-refractivity contribution in [3.63, 3.8) is 0 Å². The summed E-state index contributed by atoms with van der Waals surface area (Å²) in [6.45, 7) is 4.21. The molecule has 0 aliphatic carbocycles. The van der Waals surface area contributed by atoms with E-state index in [4.69, 9.17) is 9.05 Å². The van der Waals surface area contributed by atoms with E-state index in [1.165, 1.54) is 7.11 Å². The van der Waals surface area contributed by atoms with Crippen molar-refractivity contribution >= 4 is 19.6 Å². The van der Waals surface area contributed by atoms with Gasteiger partial charge in [0.25, 0.3) is 0 Å². The molecule has 0 radical (unpaired) electrons. The molecule has 1 aromatic rings. The van der Waals surface area contributed by atoms with Crippen LogP contribution in [0.15, 0.2) is 30.3 Å². The first-order chi connectivity index (χ1) is 12.8.